The summed E-state index contributed by atoms with van der Waals surface area (Å²) in [4.78, 5) is 33.3. The van der Waals surface area contributed by atoms with Crippen molar-refractivity contribution in [2.45, 2.75) is 62.7 Å². The number of halogens is 6. The zero-order valence-electron chi connectivity index (χ0n) is 19.5. The van der Waals surface area contributed by atoms with Crippen LogP contribution in [-0.4, -0.2) is 37.7 Å². The van der Waals surface area contributed by atoms with Crippen molar-refractivity contribution in [2.24, 2.45) is 0 Å². The second kappa shape index (κ2) is 8.11. The van der Waals surface area contributed by atoms with Crippen LogP contribution in [0.15, 0.2) is 29.1 Å². The fraction of sp³-hybridized carbons (Fsp3) is 0.417. The van der Waals surface area contributed by atoms with E-state index in [1.54, 1.807) is 19.9 Å². The lowest BCUT2D eigenvalue weighted by atomic mass is 9.64. The van der Waals surface area contributed by atoms with E-state index in [1.165, 1.54) is 18.2 Å². The molecule has 37 heavy (non-hydrogen) atoms. The van der Waals surface area contributed by atoms with Gasteiger partial charge in [-0.2, -0.15) is 13.2 Å². The van der Waals surface area contributed by atoms with Crippen LogP contribution in [0.3, 0.4) is 0 Å². The fourth-order valence-corrected chi connectivity index (χ4v) is 5.70. The molecule has 7 nitrogen and oxygen atoms in total. The summed E-state index contributed by atoms with van der Waals surface area (Å²) in [6.45, 7) is 3.29. The number of anilines is 1. The molecular formula is C24H20ClF5N4O3. The number of nitrogens with zero attached hydrogens (tertiary/aromatic N) is 3. The van der Waals surface area contributed by atoms with E-state index in [4.69, 9.17) is 11.6 Å². The van der Waals surface area contributed by atoms with Crippen molar-refractivity contribution in [3.63, 3.8) is 0 Å². The molecule has 1 aliphatic carbocycles. The molecule has 0 bridgehead atoms. The van der Waals surface area contributed by atoms with E-state index in [0.717, 1.165) is 0 Å². The lowest BCUT2D eigenvalue weighted by Crippen LogP contribution is -2.49. The quantitative estimate of drug-likeness (QED) is 0.319. The topological polar surface area (TPSA) is 97.1 Å². The number of nitrogens with one attached hydrogen (secondary N) is 1. The molecule has 3 heterocycles. The van der Waals surface area contributed by atoms with Gasteiger partial charge in [-0.15, -0.1) is 0 Å². The van der Waals surface area contributed by atoms with E-state index in [2.05, 4.69) is 15.3 Å². The van der Waals surface area contributed by atoms with E-state index in [9.17, 15) is 36.6 Å². The van der Waals surface area contributed by atoms with Gasteiger partial charge in [0.2, 0.25) is 5.92 Å². The van der Waals surface area contributed by atoms with Crippen LogP contribution < -0.4 is 10.9 Å². The maximum Gasteiger partial charge on any atom is 0.409 e. The van der Waals surface area contributed by atoms with Crippen LogP contribution in [0, 0.1) is 6.92 Å². The van der Waals surface area contributed by atoms with Crippen molar-refractivity contribution < 1.29 is 31.9 Å². The molecule has 0 amide bonds. The van der Waals surface area contributed by atoms with Crippen molar-refractivity contribution in [3.05, 3.63) is 62.4 Å². The minimum absolute atomic E-state index is 0.0383. The van der Waals surface area contributed by atoms with Crippen LogP contribution in [0.2, 0.25) is 5.15 Å². The third kappa shape index (κ3) is 4.11. The Kier molecular flexibility index (Phi) is 5.56. The van der Waals surface area contributed by atoms with Crippen LogP contribution >= 0.6 is 11.6 Å². The Morgan fingerprint density at radius 1 is 1.24 bits per heavy atom. The third-order valence-electron chi connectivity index (χ3n) is 7.02. The van der Waals surface area contributed by atoms with Crippen molar-refractivity contribution >= 4 is 34.2 Å². The minimum atomic E-state index is -4.82. The van der Waals surface area contributed by atoms with Crippen LogP contribution in [0.25, 0.3) is 10.9 Å². The first-order valence-electron chi connectivity index (χ1n) is 11.3. The molecule has 0 saturated heterocycles. The number of alkyl halides is 5. The van der Waals surface area contributed by atoms with Gasteiger partial charge in [0.05, 0.1) is 22.6 Å². The highest BCUT2D eigenvalue weighted by molar-refractivity contribution is 6.29. The average molecular weight is 543 g/mol. The maximum absolute atomic E-state index is 13.9. The Hall–Kier alpha value is -3.28. The van der Waals surface area contributed by atoms with Crippen molar-refractivity contribution in [2.75, 3.05) is 5.32 Å². The number of carbonyl (C=O) groups is 1. The van der Waals surface area contributed by atoms with Crippen LogP contribution in [0.1, 0.15) is 65.7 Å². The normalized spacial score (nSPS) is 20.5. The standard InChI is InChI=1S/C24H20ClF5N4O3/c1-10-5-12(11(2)31-14-3-4-16(25)32-18(14)20(36)37)17-13(6-10)19(35)34-15(24(28,29)30)7-22(21(34)33-17)8-23(26,27)9-22/h3-6,11,15,31H,7-9H2,1-2H3,(H,36,37)/t11-,15+/m1/s1. The Morgan fingerprint density at radius 2 is 1.92 bits per heavy atom. The minimum Gasteiger partial charge on any atom is -0.476 e. The predicted molar refractivity (Wildman–Crippen MR) is 125 cm³/mol. The fourth-order valence-electron chi connectivity index (χ4n) is 5.56. The summed E-state index contributed by atoms with van der Waals surface area (Å²) in [5, 5.41) is 12.3. The second-order valence-corrected chi connectivity index (χ2v) is 10.2. The molecule has 2 N–H and O–H groups in total. The summed E-state index contributed by atoms with van der Waals surface area (Å²) in [6.07, 6.45) is -7.14. The summed E-state index contributed by atoms with van der Waals surface area (Å²) in [5.74, 6) is -4.78. The largest absolute Gasteiger partial charge is 0.476 e. The molecule has 2 aromatic heterocycles. The number of hydrogen-bond acceptors (Lipinski definition) is 5. The van der Waals surface area contributed by atoms with Crippen molar-refractivity contribution in [3.8, 4) is 0 Å². The lowest BCUT2D eigenvalue weighted by molar-refractivity contribution is -0.178. The number of fused-ring (bicyclic) bond motifs is 3. The molecule has 0 unspecified atom stereocenters. The summed E-state index contributed by atoms with van der Waals surface area (Å²) < 4.78 is 70.2. The van der Waals surface area contributed by atoms with Gasteiger partial charge in [-0.3, -0.25) is 9.36 Å². The number of rotatable bonds is 4. The molecular weight excluding hydrogens is 523 g/mol. The van der Waals surface area contributed by atoms with E-state index in [-0.39, 0.29) is 33.3 Å². The van der Waals surface area contributed by atoms with Gasteiger partial charge in [-0.25, -0.2) is 23.5 Å². The van der Waals surface area contributed by atoms with Gasteiger partial charge in [-0.1, -0.05) is 17.7 Å². The monoisotopic (exact) mass is 542 g/mol. The maximum atomic E-state index is 13.9. The van der Waals surface area contributed by atoms with Crippen molar-refractivity contribution in [1.29, 1.82) is 0 Å². The van der Waals surface area contributed by atoms with Gasteiger partial charge in [-0.05, 0) is 44.0 Å². The number of carboxylic acid groups (broad SMARTS) is 1. The summed E-state index contributed by atoms with van der Waals surface area (Å²) in [5.41, 5.74) is -1.75. The highest BCUT2D eigenvalue weighted by atomic mass is 35.5. The predicted octanol–water partition coefficient (Wildman–Crippen LogP) is 5.80. The lowest BCUT2D eigenvalue weighted by Gasteiger charge is -2.44. The number of aromatic carboxylic acids is 1. The molecule has 2 aliphatic rings. The molecule has 3 aromatic rings. The molecule has 1 fully saturated rings. The second-order valence-electron chi connectivity index (χ2n) is 9.81. The van der Waals surface area contributed by atoms with Gasteiger partial charge < -0.3 is 10.4 Å². The third-order valence-corrected chi connectivity index (χ3v) is 7.23. The van der Waals surface area contributed by atoms with Gasteiger partial charge >= 0.3 is 12.1 Å². The number of aryl methyl sites for hydroxylation is 1. The Bertz CT molecular complexity index is 1510. The van der Waals surface area contributed by atoms with Crippen molar-refractivity contribution in [1.82, 2.24) is 14.5 Å². The number of aromatic nitrogens is 3. The first-order chi connectivity index (χ1) is 17.1. The number of benzene rings is 1. The van der Waals surface area contributed by atoms with Gasteiger partial charge in [0.25, 0.3) is 5.56 Å². The van der Waals surface area contributed by atoms with E-state index in [0.29, 0.717) is 15.7 Å². The van der Waals surface area contributed by atoms with Gasteiger partial charge in [0.1, 0.15) is 17.0 Å². The molecule has 1 saturated carbocycles. The zero-order valence-corrected chi connectivity index (χ0v) is 20.2. The van der Waals surface area contributed by atoms with Crippen LogP contribution in [0.5, 0.6) is 0 Å². The van der Waals surface area contributed by atoms with E-state index >= 15 is 0 Å². The Labute approximate surface area is 211 Å². The number of carboxylic acids is 1. The first-order valence-corrected chi connectivity index (χ1v) is 11.7. The molecule has 1 aliphatic heterocycles. The van der Waals surface area contributed by atoms with Gasteiger partial charge in [0, 0.05) is 23.8 Å². The first kappa shape index (κ1) is 25.4. The number of pyridine rings is 1. The zero-order chi connectivity index (χ0) is 27.1. The molecule has 1 spiro atoms. The van der Waals surface area contributed by atoms with E-state index in [1.807, 2.05) is 0 Å². The SMILES string of the molecule is Cc1cc([C@@H](C)Nc2ccc(Cl)nc2C(=O)O)c2nc3n(c(=O)c2c1)[C@H](C(F)(F)F)CC31CC(F)(F)C1. The summed E-state index contributed by atoms with van der Waals surface area (Å²) in [6, 6.07) is 2.91. The van der Waals surface area contributed by atoms with E-state index < -0.39 is 60.4 Å². The molecule has 2 atom stereocenters. The smallest absolute Gasteiger partial charge is 0.409 e. The Balaban J connectivity index is 1.68. The number of hydrogen-bond donors (Lipinski definition) is 2. The molecule has 0 radical (unpaired) electrons. The summed E-state index contributed by atoms with van der Waals surface area (Å²) >= 11 is 5.81. The average Bonchev–Trinajstić information content (AvgIpc) is 3.09. The van der Waals surface area contributed by atoms with Crippen LogP contribution in [0.4, 0.5) is 27.6 Å². The van der Waals surface area contributed by atoms with Gasteiger partial charge in [0.15, 0.2) is 5.69 Å². The van der Waals surface area contributed by atoms with Crippen LogP contribution in [-0.2, 0) is 5.41 Å². The Morgan fingerprint density at radius 3 is 2.51 bits per heavy atom. The molecule has 13 heteroatoms. The molecule has 1 aromatic carbocycles. The molecule has 196 valence electrons. The highest BCUT2D eigenvalue weighted by Gasteiger charge is 2.66. The molecule has 5 rings (SSSR count). The highest BCUT2D eigenvalue weighted by Crippen LogP contribution is 2.61. The summed E-state index contributed by atoms with van der Waals surface area (Å²) in [7, 11) is 0.